The zero-order valence-electron chi connectivity index (χ0n) is 15.5. The Morgan fingerprint density at radius 3 is 2.31 bits per heavy atom. The first-order valence-corrected chi connectivity index (χ1v) is 8.44. The Balaban J connectivity index is 2.45. The minimum Gasteiger partial charge on any atom is -0.444 e. The van der Waals surface area contributed by atoms with Crippen molar-refractivity contribution in [3.8, 4) is 0 Å². The Kier molecular flexibility index (Phi) is 8.05. The number of rotatable bonds is 8. The molecule has 0 aliphatic rings. The molecule has 1 aromatic carbocycles. The fourth-order valence-electron chi connectivity index (χ4n) is 2.13. The first kappa shape index (κ1) is 21.4. The molecule has 8 heteroatoms. The molecule has 0 spiro atoms. The molecule has 0 saturated heterocycles. The van der Waals surface area contributed by atoms with E-state index in [-0.39, 0.29) is 19.4 Å². The maximum atomic E-state index is 12.2. The number of ether oxygens (including phenoxy) is 1. The lowest BCUT2D eigenvalue weighted by Crippen LogP contribution is -2.52. The fourth-order valence-corrected chi connectivity index (χ4v) is 2.13. The van der Waals surface area contributed by atoms with E-state index in [1.54, 1.807) is 20.8 Å². The first-order chi connectivity index (χ1) is 12.1. The Bertz CT molecular complexity index is 613. The maximum absolute atomic E-state index is 12.2. The van der Waals surface area contributed by atoms with Gasteiger partial charge in [0, 0.05) is 13.0 Å². The smallest absolute Gasteiger partial charge is 0.407 e. The average molecular weight is 364 g/mol. The highest BCUT2D eigenvalue weighted by Gasteiger charge is 2.22. The predicted molar refractivity (Wildman–Crippen MR) is 98.1 cm³/mol. The Labute approximate surface area is 153 Å². The van der Waals surface area contributed by atoms with Crippen LogP contribution in [-0.2, 0) is 20.7 Å². The molecule has 0 fully saturated rings. The van der Waals surface area contributed by atoms with E-state index in [9.17, 15) is 14.4 Å². The van der Waals surface area contributed by atoms with Crippen molar-refractivity contribution in [2.45, 2.75) is 51.3 Å². The van der Waals surface area contributed by atoms with Crippen molar-refractivity contribution in [1.29, 1.82) is 0 Å². The SMILES string of the molecule is CC(C)(C)OC(=O)NCC[C@H](N)C(=O)N[C@@H](Cc1ccccc1)C(N)=O. The molecule has 0 radical (unpaired) electrons. The molecule has 3 amide bonds. The summed E-state index contributed by atoms with van der Waals surface area (Å²) in [6.07, 6.45) is -0.101. The van der Waals surface area contributed by atoms with Crippen molar-refractivity contribution in [2.24, 2.45) is 11.5 Å². The second-order valence-corrected chi connectivity index (χ2v) is 6.98. The van der Waals surface area contributed by atoms with Crippen LogP contribution in [-0.4, -0.2) is 42.1 Å². The molecule has 1 aromatic rings. The number of nitrogens with one attached hydrogen (secondary N) is 2. The number of nitrogens with two attached hydrogens (primary N) is 2. The molecule has 0 bridgehead atoms. The van der Waals surface area contributed by atoms with Crippen molar-refractivity contribution < 1.29 is 19.1 Å². The average Bonchev–Trinajstić information content (AvgIpc) is 2.53. The Morgan fingerprint density at radius 2 is 1.77 bits per heavy atom. The quantitative estimate of drug-likeness (QED) is 0.530. The van der Waals surface area contributed by atoms with Crippen LogP contribution in [0.3, 0.4) is 0 Å². The van der Waals surface area contributed by atoms with Gasteiger partial charge >= 0.3 is 6.09 Å². The first-order valence-electron chi connectivity index (χ1n) is 8.44. The molecule has 6 N–H and O–H groups in total. The number of hydrogen-bond donors (Lipinski definition) is 4. The van der Waals surface area contributed by atoms with Gasteiger partial charge in [-0.1, -0.05) is 30.3 Å². The van der Waals surface area contributed by atoms with Gasteiger partial charge in [0.1, 0.15) is 11.6 Å². The van der Waals surface area contributed by atoms with Gasteiger partial charge in [0.25, 0.3) is 0 Å². The molecule has 0 aliphatic carbocycles. The molecule has 0 saturated carbocycles. The number of alkyl carbamates (subject to hydrolysis) is 1. The molecule has 26 heavy (non-hydrogen) atoms. The number of amides is 3. The third-order valence-corrected chi connectivity index (χ3v) is 3.40. The van der Waals surface area contributed by atoms with Gasteiger partial charge in [0.05, 0.1) is 6.04 Å². The lowest BCUT2D eigenvalue weighted by molar-refractivity contribution is -0.128. The molecular formula is C18H28N4O4. The number of benzene rings is 1. The summed E-state index contributed by atoms with van der Waals surface area (Å²) in [5.74, 6) is -1.14. The van der Waals surface area contributed by atoms with Crippen LogP contribution in [0.2, 0.25) is 0 Å². The van der Waals surface area contributed by atoms with Gasteiger partial charge < -0.3 is 26.8 Å². The van der Waals surface area contributed by atoms with Crippen LogP contribution in [0.5, 0.6) is 0 Å². The summed E-state index contributed by atoms with van der Waals surface area (Å²) in [6.45, 7) is 5.43. The molecule has 8 nitrogen and oxygen atoms in total. The monoisotopic (exact) mass is 364 g/mol. The second-order valence-electron chi connectivity index (χ2n) is 6.98. The summed E-state index contributed by atoms with van der Waals surface area (Å²) in [5.41, 5.74) is 11.5. The molecule has 0 heterocycles. The van der Waals surface area contributed by atoms with E-state index in [1.807, 2.05) is 30.3 Å². The van der Waals surface area contributed by atoms with Crippen LogP contribution >= 0.6 is 0 Å². The van der Waals surface area contributed by atoms with Gasteiger partial charge in [-0.25, -0.2) is 4.79 Å². The van der Waals surface area contributed by atoms with Crippen molar-refractivity contribution in [3.63, 3.8) is 0 Å². The molecule has 0 aromatic heterocycles. The number of hydrogen-bond acceptors (Lipinski definition) is 5. The van der Waals surface area contributed by atoms with Gasteiger partial charge in [-0.05, 0) is 32.8 Å². The van der Waals surface area contributed by atoms with E-state index in [0.717, 1.165) is 5.56 Å². The van der Waals surface area contributed by atoms with Crippen LogP contribution in [0.4, 0.5) is 4.79 Å². The largest absolute Gasteiger partial charge is 0.444 e. The van der Waals surface area contributed by atoms with Crippen molar-refractivity contribution in [3.05, 3.63) is 35.9 Å². The highest BCUT2D eigenvalue weighted by Crippen LogP contribution is 2.06. The number of carbonyl (C=O) groups is 3. The summed E-state index contributed by atoms with van der Waals surface area (Å²) < 4.78 is 5.09. The summed E-state index contributed by atoms with van der Waals surface area (Å²) in [4.78, 5) is 35.3. The van der Waals surface area contributed by atoms with Crippen LogP contribution < -0.4 is 22.1 Å². The molecule has 2 atom stereocenters. The maximum Gasteiger partial charge on any atom is 0.407 e. The predicted octanol–water partition coefficient (Wildman–Crippen LogP) is 0.441. The Morgan fingerprint density at radius 1 is 1.15 bits per heavy atom. The summed E-state index contributed by atoms with van der Waals surface area (Å²) in [5, 5.41) is 5.09. The van der Waals surface area contributed by atoms with Crippen LogP contribution in [0.1, 0.15) is 32.8 Å². The van der Waals surface area contributed by atoms with Gasteiger partial charge in [0.15, 0.2) is 0 Å². The van der Waals surface area contributed by atoms with Gasteiger partial charge in [0.2, 0.25) is 11.8 Å². The topological polar surface area (TPSA) is 137 Å². The molecule has 1 rings (SSSR count). The van der Waals surface area contributed by atoms with Crippen molar-refractivity contribution >= 4 is 17.9 Å². The van der Waals surface area contributed by atoms with Gasteiger partial charge in [-0.15, -0.1) is 0 Å². The Hall–Kier alpha value is -2.61. The normalized spacial score (nSPS) is 13.4. The van der Waals surface area contributed by atoms with Crippen molar-refractivity contribution in [2.75, 3.05) is 6.54 Å². The van der Waals surface area contributed by atoms with Gasteiger partial charge in [-0.2, -0.15) is 0 Å². The van der Waals surface area contributed by atoms with Crippen LogP contribution in [0.25, 0.3) is 0 Å². The number of carbonyl (C=O) groups excluding carboxylic acids is 3. The minimum atomic E-state index is -0.887. The highest BCUT2D eigenvalue weighted by atomic mass is 16.6. The van der Waals surface area contributed by atoms with E-state index in [0.29, 0.717) is 0 Å². The second kappa shape index (κ2) is 9.76. The van der Waals surface area contributed by atoms with E-state index in [4.69, 9.17) is 16.2 Å². The van der Waals surface area contributed by atoms with Gasteiger partial charge in [-0.3, -0.25) is 9.59 Å². The lowest BCUT2D eigenvalue weighted by atomic mass is 10.0. The zero-order valence-corrected chi connectivity index (χ0v) is 15.5. The van der Waals surface area contributed by atoms with E-state index < -0.39 is 35.6 Å². The molecule has 144 valence electrons. The van der Waals surface area contributed by atoms with E-state index in [1.165, 1.54) is 0 Å². The molecular weight excluding hydrogens is 336 g/mol. The standard InChI is InChI=1S/C18H28N4O4/c1-18(2,3)26-17(25)21-10-9-13(19)16(24)22-14(15(20)23)11-12-7-5-4-6-8-12/h4-8,13-14H,9-11,19H2,1-3H3,(H2,20,23)(H,21,25)(H,22,24)/t13-,14-/m0/s1. The third-order valence-electron chi connectivity index (χ3n) is 3.40. The van der Waals surface area contributed by atoms with Crippen LogP contribution in [0.15, 0.2) is 30.3 Å². The molecule has 0 unspecified atom stereocenters. The highest BCUT2D eigenvalue weighted by molar-refractivity contribution is 5.89. The fraction of sp³-hybridized carbons (Fsp3) is 0.500. The third kappa shape index (κ3) is 8.48. The number of primary amides is 1. The zero-order chi connectivity index (χ0) is 19.7. The summed E-state index contributed by atoms with van der Waals surface area (Å²) in [6, 6.07) is 7.47. The molecule has 0 aliphatic heterocycles. The van der Waals surface area contributed by atoms with E-state index >= 15 is 0 Å². The minimum absolute atomic E-state index is 0.170. The summed E-state index contributed by atoms with van der Waals surface area (Å²) >= 11 is 0. The van der Waals surface area contributed by atoms with E-state index in [2.05, 4.69) is 10.6 Å². The lowest BCUT2D eigenvalue weighted by Gasteiger charge is -2.21. The van der Waals surface area contributed by atoms with Crippen molar-refractivity contribution in [1.82, 2.24) is 10.6 Å². The van der Waals surface area contributed by atoms with Crippen LogP contribution in [0, 0.1) is 0 Å². The summed E-state index contributed by atoms with van der Waals surface area (Å²) in [7, 11) is 0.